The van der Waals surface area contributed by atoms with Crippen molar-refractivity contribution in [2.24, 2.45) is 5.92 Å². The van der Waals surface area contributed by atoms with Crippen LogP contribution in [0.1, 0.15) is 34.1 Å². The molecule has 64 valence electrons. The van der Waals surface area contributed by atoms with Crippen LogP contribution in [0.5, 0.6) is 0 Å². The van der Waals surface area contributed by atoms with Crippen LogP contribution in [-0.2, 0) is 0 Å². The van der Waals surface area contributed by atoms with Crippen LogP contribution in [0.3, 0.4) is 0 Å². The van der Waals surface area contributed by atoms with E-state index in [2.05, 4.69) is 19.9 Å². The van der Waals surface area contributed by atoms with E-state index in [0.29, 0.717) is 11.0 Å². The fourth-order valence-corrected chi connectivity index (χ4v) is 1.44. The molecule has 0 amide bonds. The van der Waals surface area contributed by atoms with E-state index in [9.17, 15) is 5.21 Å². The van der Waals surface area contributed by atoms with Crippen LogP contribution in [0.4, 0.5) is 0 Å². The molecule has 0 saturated carbocycles. The quantitative estimate of drug-likeness (QED) is 0.564. The Bertz CT molecular complexity index is 182. The van der Waals surface area contributed by atoms with Crippen LogP contribution >= 0.6 is 0 Å². The molecule has 0 bridgehead atoms. The van der Waals surface area contributed by atoms with E-state index in [1.165, 1.54) is 0 Å². The van der Waals surface area contributed by atoms with Gasteiger partial charge in [-0.2, -0.15) is 0 Å². The molecule has 1 heterocycles. The first-order valence-corrected chi connectivity index (χ1v) is 4.20. The van der Waals surface area contributed by atoms with E-state index in [0.717, 1.165) is 12.1 Å². The SMILES string of the molecule is CC(C)C1=CCC(C)(C)[NH+]1[O-]. The zero-order valence-corrected chi connectivity index (χ0v) is 7.77. The molecule has 1 rings (SSSR count). The highest BCUT2D eigenvalue weighted by Crippen LogP contribution is 2.17. The average molecular weight is 155 g/mol. The highest BCUT2D eigenvalue weighted by molar-refractivity contribution is 5.04. The normalized spacial score (nSPS) is 29.3. The monoisotopic (exact) mass is 155 g/mol. The van der Waals surface area contributed by atoms with Crippen molar-refractivity contribution in [3.05, 3.63) is 17.0 Å². The molecule has 0 spiro atoms. The molecule has 1 N–H and O–H groups in total. The van der Waals surface area contributed by atoms with Gasteiger partial charge in [-0.1, -0.05) is 13.8 Å². The minimum atomic E-state index is -0.125. The number of nitrogens with one attached hydrogen (secondary N) is 1. The van der Waals surface area contributed by atoms with E-state index in [4.69, 9.17) is 0 Å². The summed E-state index contributed by atoms with van der Waals surface area (Å²) in [7, 11) is 0. The maximum absolute atomic E-state index is 11.6. The third-order valence-electron chi connectivity index (χ3n) is 2.33. The van der Waals surface area contributed by atoms with Gasteiger partial charge in [0.1, 0.15) is 5.70 Å². The Labute approximate surface area is 68.5 Å². The molecule has 0 radical (unpaired) electrons. The molecule has 0 aromatic carbocycles. The summed E-state index contributed by atoms with van der Waals surface area (Å²) in [6.45, 7) is 8.18. The summed E-state index contributed by atoms with van der Waals surface area (Å²) in [6, 6.07) is 0. The molecular weight excluding hydrogens is 138 g/mol. The second kappa shape index (κ2) is 2.61. The van der Waals surface area contributed by atoms with Crippen molar-refractivity contribution in [2.45, 2.75) is 39.7 Å². The van der Waals surface area contributed by atoms with Crippen molar-refractivity contribution in [3.8, 4) is 0 Å². The minimum Gasteiger partial charge on any atom is -0.629 e. The van der Waals surface area contributed by atoms with E-state index < -0.39 is 0 Å². The van der Waals surface area contributed by atoms with Gasteiger partial charge in [-0.3, -0.25) is 0 Å². The molecule has 1 aliphatic rings. The molecule has 0 aliphatic carbocycles. The Kier molecular flexibility index (Phi) is 2.08. The van der Waals surface area contributed by atoms with Gasteiger partial charge in [-0.25, -0.2) is 0 Å². The van der Waals surface area contributed by atoms with Gasteiger partial charge in [-0.15, -0.1) is 0 Å². The lowest BCUT2D eigenvalue weighted by Gasteiger charge is -2.34. The molecule has 2 nitrogen and oxygen atoms in total. The number of allylic oxidation sites excluding steroid dienone is 1. The first-order valence-electron chi connectivity index (χ1n) is 4.20. The van der Waals surface area contributed by atoms with Gasteiger partial charge in [0.15, 0.2) is 0 Å². The van der Waals surface area contributed by atoms with Crippen LogP contribution in [0.15, 0.2) is 11.8 Å². The van der Waals surface area contributed by atoms with E-state index in [1.807, 2.05) is 13.8 Å². The zero-order valence-electron chi connectivity index (χ0n) is 7.77. The lowest BCUT2D eigenvalue weighted by Crippen LogP contribution is -3.12. The van der Waals surface area contributed by atoms with Crippen LogP contribution in [0.25, 0.3) is 0 Å². The van der Waals surface area contributed by atoms with E-state index in [-0.39, 0.29) is 5.54 Å². The molecule has 1 aliphatic heterocycles. The molecule has 0 saturated heterocycles. The van der Waals surface area contributed by atoms with Crippen molar-refractivity contribution in [2.75, 3.05) is 0 Å². The van der Waals surface area contributed by atoms with E-state index in [1.54, 1.807) is 0 Å². The highest BCUT2D eigenvalue weighted by atomic mass is 16.5. The zero-order chi connectivity index (χ0) is 8.65. The first kappa shape index (κ1) is 8.75. The van der Waals surface area contributed by atoms with Crippen LogP contribution in [-0.4, -0.2) is 5.54 Å². The summed E-state index contributed by atoms with van der Waals surface area (Å²) in [4.78, 5) is 0. The summed E-state index contributed by atoms with van der Waals surface area (Å²) in [5.74, 6) is 0.393. The predicted octanol–water partition coefficient (Wildman–Crippen LogP) is 1.09. The third kappa shape index (κ3) is 1.47. The van der Waals surface area contributed by atoms with Crippen molar-refractivity contribution in [1.29, 1.82) is 0 Å². The van der Waals surface area contributed by atoms with E-state index >= 15 is 0 Å². The molecule has 2 heteroatoms. The van der Waals surface area contributed by atoms with Crippen molar-refractivity contribution in [1.82, 2.24) is 0 Å². The summed E-state index contributed by atoms with van der Waals surface area (Å²) in [5, 5.41) is 11.9. The van der Waals surface area contributed by atoms with Gasteiger partial charge >= 0.3 is 0 Å². The molecule has 11 heavy (non-hydrogen) atoms. The summed E-state index contributed by atoms with van der Waals surface area (Å²) < 4.78 is 0. The van der Waals surface area contributed by atoms with Gasteiger partial charge in [0.25, 0.3) is 0 Å². The van der Waals surface area contributed by atoms with Gasteiger partial charge in [0.2, 0.25) is 0 Å². The first-order chi connectivity index (χ1) is 4.95. The fraction of sp³-hybridized carbons (Fsp3) is 0.778. The Hall–Kier alpha value is -0.340. The Morgan fingerprint density at radius 2 is 2.09 bits per heavy atom. The van der Waals surface area contributed by atoms with Gasteiger partial charge in [0, 0.05) is 12.3 Å². The minimum absolute atomic E-state index is 0.125. The van der Waals surface area contributed by atoms with Crippen LogP contribution in [0.2, 0.25) is 0 Å². The summed E-state index contributed by atoms with van der Waals surface area (Å²) in [5.41, 5.74) is 0.898. The molecule has 1 atom stereocenters. The van der Waals surface area contributed by atoms with Gasteiger partial charge < -0.3 is 10.3 Å². The highest BCUT2D eigenvalue weighted by Gasteiger charge is 2.33. The summed E-state index contributed by atoms with van der Waals surface area (Å²) in [6.07, 6.45) is 3.01. The molecular formula is C9H17NO. The number of quaternary nitrogens is 1. The van der Waals surface area contributed by atoms with Gasteiger partial charge in [0.05, 0.1) is 5.54 Å². The topological polar surface area (TPSA) is 27.5 Å². The van der Waals surface area contributed by atoms with Gasteiger partial charge in [-0.05, 0) is 19.9 Å². The molecule has 0 fully saturated rings. The number of hydrogen-bond acceptors (Lipinski definition) is 1. The number of hydroxylamine groups is 2. The smallest absolute Gasteiger partial charge is 0.106 e. The van der Waals surface area contributed by atoms with Crippen LogP contribution < -0.4 is 5.06 Å². The lowest BCUT2D eigenvalue weighted by atomic mass is 10.0. The average Bonchev–Trinajstić information content (AvgIpc) is 2.09. The van der Waals surface area contributed by atoms with Crippen molar-refractivity contribution in [3.63, 3.8) is 0 Å². The molecule has 0 aromatic rings. The standard InChI is InChI=1S/C9H17NO/c1-7(2)8-5-6-9(3,4)10(8)11/h5,7,10H,6H2,1-4H3. The molecule has 0 aromatic heterocycles. The Morgan fingerprint density at radius 3 is 2.27 bits per heavy atom. The Balaban J connectivity index is 2.75. The number of hydrogen-bond donors (Lipinski definition) is 1. The largest absolute Gasteiger partial charge is 0.629 e. The maximum Gasteiger partial charge on any atom is 0.106 e. The summed E-state index contributed by atoms with van der Waals surface area (Å²) >= 11 is 0. The van der Waals surface area contributed by atoms with Crippen molar-refractivity contribution < 1.29 is 5.06 Å². The van der Waals surface area contributed by atoms with Crippen LogP contribution in [0, 0.1) is 11.1 Å². The second-order valence-corrected chi connectivity index (χ2v) is 4.23. The number of rotatable bonds is 1. The third-order valence-corrected chi connectivity index (χ3v) is 2.33. The predicted molar refractivity (Wildman–Crippen MR) is 45.9 cm³/mol. The lowest BCUT2D eigenvalue weighted by molar-refractivity contribution is -0.858. The molecule has 1 unspecified atom stereocenters. The Morgan fingerprint density at radius 1 is 1.55 bits per heavy atom. The maximum atomic E-state index is 11.6. The second-order valence-electron chi connectivity index (χ2n) is 4.23. The fourth-order valence-electron chi connectivity index (χ4n) is 1.44. The van der Waals surface area contributed by atoms with Crippen molar-refractivity contribution >= 4 is 0 Å².